The van der Waals surface area contributed by atoms with E-state index < -0.39 is 13.4 Å². The van der Waals surface area contributed by atoms with Crippen molar-refractivity contribution in [2.24, 2.45) is 0 Å². The fraction of sp³-hybridized carbons (Fsp3) is 0.500. The minimum atomic E-state index is -4.73. The zero-order valence-electron chi connectivity index (χ0n) is 11.9. The molecule has 2 rings (SSSR count). The molecular weight excluding hydrogens is 295 g/mol. The molecule has 8 heteroatoms. The molecule has 0 aromatic heterocycles. The zero-order valence-corrected chi connectivity index (χ0v) is 15.0. The number of para-hydroxylation sites is 2. The SMILES string of the molecule is COc1ccccc1N1CCN(C[B-](F)(F)F)CC1.[K+]. The number of benzene rings is 1. The molecule has 1 heterocycles. The van der Waals surface area contributed by atoms with Crippen LogP contribution in [-0.4, -0.2) is 51.6 Å². The molecule has 3 nitrogen and oxygen atoms in total. The van der Waals surface area contributed by atoms with Gasteiger partial charge in [0.05, 0.1) is 12.8 Å². The van der Waals surface area contributed by atoms with Gasteiger partial charge in [-0.3, -0.25) is 0 Å². The van der Waals surface area contributed by atoms with E-state index in [0.717, 1.165) is 11.4 Å². The van der Waals surface area contributed by atoms with E-state index in [-0.39, 0.29) is 51.4 Å². The first-order valence-electron chi connectivity index (χ1n) is 6.31. The summed E-state index contributed by atoms with van der Waals surface area (Å²) < 4.78 is 42.4. The molecule has 1 aromatic rings. The van der Waals surface area contributed by atoms with E-state index >= 15 is 0 Å². The monoisotopic (exact) mass is 312 g/mol. The van der Waals surface area contributed by atoms with Gasteiger partial charge in [-0.1, -0.05) is 12.1 Å². The Kier molecular flexibility index (Phi) is 7.37. The summed E-state index contributed by atoms with van der Waals surface area (Å²) in [5.74, 6) is 0.760. The molecule has 1 aliphatic rings. The largest absolute Gasteiger partial charge is 1.00 e. The number of methoxy groups -OCH3 is 1. The van der Waals surface area contributed by atoms with Crippen molar-refractivity contribution in [1.29, 1.82) is 0 Å². The first kappa shape index (κ1) is 18.3. The first-order valence-corrected chi connectivity index (χ1v) is 6.31. The maximum absolute atomic E-state index is 12.4. The number of ether oxygens (including phenoxy) is 1. The Morgan fingerprint density at radius 2 is 1.70 bits per heavy atom. The summed E-state index contributed by atoms with van der Waals surface area (Å²) in [4.78, 5) is 3.53. The number of hydrogen-bond donors (Lipinski definition) is 0. The fourth-order valence-corrected chi connectivity index (χ4v) is 2.36. The van der Waals surface area contributed by atoms with Crippen molar-refractivity contribution in [3.8, 4) is 5.75 Å². The van der Waals surface area contributed by atoms with Crippen LogP contribution in [0.4, 0.5) is 18.6 Å². The van der Waals surface area contributed by atoms with Gasteiger partial charge in [-0.15, -0.1) is 0 Å². The predicted octanol–water partition coefficient (Wildman–Crippen LogP) is -0.792. The van der Waals surface area contributed by atoms with Gasteiger partial charge in [-0.2, -0.15) is 0 Å². The van der Waals surface area contributed by atoms with Crippen LogP contribution in [0.25, 0.3) is 0 Å². The molecule has 1 fully saturated rings. The van der Waals surface area contributed by atoms with Gasteiger partial charge >= 0.3 is 58.4 Å². The molecule has 0 unspecified atom stereocenters. The Morgan fingerprint density at radius 3 is 2.25 bits per heavy atom. The quantitative estimate of drug-likeness (QED) is 0.678. The Hall–Kier alpha value is 0.271. The van der Waals surface area contributed by atoms with E-state index in [0.29, 0.717) is 26.2 Å². The molecule has 0 radical (unpaired) electrons. The fourth-order valence-electron chi connectivity index (χ4n) is 2.36. The summed E-state index contributed by atoms with van der Waals surface area (Å²) in [5, 5.41) is 0. The summed E-state index contributed by atoms with van der Waals surface area (Å²) in [7, 11) is 1.60. The van der Waals surface area contributed by atoms with Crippen molar-refractivity contribution in [2.45, 2.75) is 0 Å². The summed E-state index contributed by atoms with van der Waals surface area (Å²) in [5.41, 5.74) is 0.946. The molecule has 0 bridgehead atoms. The van der Waals surface area contributed by atoms with Crippen molar-refractivity contribution in [1.82, 2.24) is 4.90 Å². The third-order valence-electron chi connectivity index (χ3n) is 3.26. The zero-order chi connectivity index (χ0) is 13.9. The number of nitrogens with zero attached hydrogens (tertiary/aromatic N) is 2. The van der Waals surface area contributed by atoms with E-state index in [1.165, 1.54) is 4.90 Å². The molecule has 0 N–H and O–H groups in total. The number of halogens is 3. The van der Waals surface area contributed by atoms with Crippen molar-refractivity contribution in [3.63, 3.8) is 0 Å². The molecule has 1 aliphatic heterocycles. The van der Waals surface area contributed by atoms with E-state index in [2.05, 4.69) is 4.90 Å². The predicted molar refractivity (Wildman–Crippen MR) is 70.7 cm³/mol. The third kappa shape index (κ3) is 5.23. The average molecular weight is 312 g/mol. The maximum Gasteiger partial charge on any atom is 1.00 e. The van der Waals surface area contributed by atoms with Gasteiger partial charge in [0.2, 0.25) is 0 Å². The normalized spacial score (nSPS) is 16.7. The van der Waals surface area contributed by atoms with Crippen LogP contribution < -0.4 is 61.0 Å². The van der Waals surface area contributed by atoms with E-state index in [9.17, 15) is 12.9 Å². The standard InChI is InChI=1S/C12H17BF3N2O.K/c1-19-12-5-3-2-4-11(12)18-8-6-17(7-9-18)10-13(14,15)16;/h2-5H,6-10H2,1H3;/q-1;+1. The molecule has 0 aliphatic carbocycles. The third-order valence-corrected chi connectivity index (χ3v) is 3.26. The van der Waals surface area contributed by atoms with Crippen LogP contribution in [0.3, 0.4) is 0 Å². The van der Waals surface area contributed by atoms with E-state index in [1.807, 2.05) is 24.3 Å². The summed E-state index contributed by atoms with van der Waals surface area (Å²) >= 11 is 0. The topological polar surface area (TPSA) is 15.7 Å². The molecule has 20 heavy (non-hydrogen) atoms. The Bertz CT molecular complexity index is 425. The van der Waals surface area contributed by atoms with Crippen LogP contribution in [0, 0.1) is 0 Å². The molecule has 0 amide bonds. The van der Waals surface area contributed by atoms with Crippen molar-refractivity contribution >= 4 is 12.7 Å². The van der Waals surface area contributed by atoms with Gasteiger partial charge in [-0.05, 0) is 18.6 Å². The van der Waals surface area contributed by atoms with Crippen LogP contribution >= 0.6 is 0 Å². The second-order valence-corrected chi connectivity index (χ2v) is 4.67. The molecule has 0 atom stereocenters. The van der Waals surface area contributed by atoms with Crippen molar-refractivity contribution < 1.29 is 69.1 Å². The van der Waals surface area contributed by atoms with Gasteiger partial charge in [-0.25, -0.2) is 0 Å². The van der Waals surface area contributed by atoms with E-state index in [1.54, 1.807) is 7.11 Å². The van der Waals surface area contributed by atoms with E-state index in [4.69, 9.17) is 4.74 Å². The van der Waals surface area contributed by atoms with Crippen LogP contribution in [0.15, 0.2) is 24.3 Å². The number of hydrogen-bond acceptors (Lipinski definition) is 3. The Labute approximate surface area is 159 Å². The second-order valence-electron chi connectivity index (χ2n) is 4.67. The molecule has 106 valence electrons. The summed E-state index contributed by atoms with van der Waals surface area (Å²) in [6.45, 7) is -2.69. The minimum Gasteiger partial charge on any atom is -0.495 e. The number of rotatable bonds is 4. The van der Waals surface area contributed by atoms with Crippen molar-refractivity contribution in [2.75, 3.05) is 44.6 Å². The molecule has 1 saturated heterocycles. The number of anilines is 1. The van der Waals surface area contributed by atoms with Gasteiger partial charge in [0.15, 0.2) is 0 Å². The van der Waals surface area contributed by atoms with Gasteiger partial charge < -0.3 is 27.5 Å². The van der Waals surface area contributed by atoms with Crippen molar-refractivity contribution in [3.05, 3.63) is 24.3 Å². The Morgan fingerprint density at radius 1 is 1.10 bits per heavy atom. The average Bonchev–Trinajstić information content (AvgIpc) is 2.38. The van der Waals surface area contributed by atoms with Crippen LogP contribution in [0.5, 0.6) is 5.75 Å². The molecule has 0 spiro atoms. The van der Waals surface area contributed by atoms with Gasteiger partial charge in [0.1, 0.15) is 5.75 Å². The number of piperazine rings is 1. The molecule has 1 aromatic carbocycles. The van der Waals surface area contributed by atoms with Crippen LogP contribution in [0.1, 0.15) is 0 Å². The smallest absolute Gasteiger partial charge is 0.495 e. The minimum absolute atomic E-state index is 0. The Balaban J connectivity index is 0.00000200. The summed E-state index contributed by atoms with van der Waals surface area (Å²) in [6.07, 6.45) is -0.764. The maximum atomic E-state index is 12.4. The van der Waals surface area contributed by atoms with Crippen LogP contribution in [-0.2, 0) is 0 Å². The molecular formula is C12H17BF3KN2O. The second kappa shape index (κ2) is 8.05. The first-order chi connectivity index (χ1) is 8.99. The summed E-state index contributed by atoms with van der Waals surface area (Å²) in [6, 6.07) is 7.58. The van der Waals surface area contributed by atoms with Gasteiger partial charge in [0, 0.05) is 26.2 Å². The molecule has 0 saturated carbocycles. The van der Waals surface area contributed by atoms with Gasteiger partial charge in [0.25, 0.3) is 0 Å². The van der Waals surface area contributed by atoms with Crippen LogP contribution in [0.2, 0.25) is 0 Å².